The van der Waals surface area contributed by atoms with E-state index < -0.39 is 0 Å². The smallest absolute Gasteiger partial charge is 0.0523 e. The molecule has 3 heteroatoms. The molecule has 90 valence electrons. The van der Waals surface area contributed by atoms with E-state index in [2.05, 4.69) is 44.1 Å². The number of rotatable bonds is 6. The SMILES string of the molecule is CCNc1ccnc(CSC(C)C(C)C)c1. The number of thioether (sulfide) groups is 1. The zero-order valence-corrected chi connectivity index (χ0v) is 11.5. The predicted octanol–water partition coefficient (Wildman–Crippen LogP) is 3.79. The molecule has 2 nitrogen and oxygen atoms in total. The van der Waals surface area contributed by atoms with Crippen LogP contribution in [0, 0.1) is 5.92 Å². The Hall–Kier alpha value is -0.700. The van der Waals surface area contributed by atoms with Crippen molar-refractivity contribution in [1.29, 1.82) is 0 Å². The minimum absolute atomic E-state index is 0.685. The zero-order chi connectivity index (χ0) is 12.0. The summed E-state index contributed by atoms with van der Waals surface area (Å²) in [7, 11) is 0. The molecule has 1 aromatic rings. The maximum atomic E-state index is 4.39. The van der Waals surface area contributed by atoms with Crippen molar-refractivity contribution < 1.29 is 0 Å². The molecule has 0 saturated heterocycles. The number of nitrogens with zero attached hydrogens (tertiary/aromatic N) is 1. The van der Waals surface area contributed by atoms with E-state index in [-0.39, 0.29) is 0 Å². The summed E-state index contributed by atoms with van der Waals surface area (Å²) in [6.07, 6.45) is 1.88. The van der Waals surface area contributed by atoms with E-state index in [9.17, 15) is 0 Å². The summed E-state index contributed by atoms with van der Waals surface area (Å²) in [5, 5.41) is 3.99. The van der Waals surface area contributed by atoms with Gasteiger partial charge >= 0.3 is 0 Å². The third kappa shape index (κ3) is 4.44. The maximum Gasteiger partial charge on any atom is 0.0523 e. The lowest BCUT2D eigenvalue weighted by molar-refractivity contribution is 0.642. The molecule has 0 spiro atoms. The van der Waals surface area contributed by atoms with Crippen molar-refractivity contribution in [2.45, 2.75) is 38.7 Å². The molecule has 1 aromatic heterocycles. The van der Waals surface area contributed by atoms with Crippen molar-refractivity contribution in [3.8, 4) is 0 Å². The van der Waals surface area contributed by atoms with Crippen molar-refractivity contribution in [3.63, 3.8) is 0 Å². The monoisotopic (exact) mass is 238 g/mol. The summed E-state index contributed by atoms with van der Waals surface area (Å²) in [5.41, 5.74) is 2.33. The Morgan fingerprint density at radius 2 is 2.12 bits per heavy atom. The Balaban J connectivity index is 2.50. The first-order chi connectivity index (χ1) is 7.63. The Kier molecular flexibility index (Phi) is 5.67. The van der Waals surface area contributed by atoms with Crippen molar-refractivity contribution in [2.75, 3.05) is 11.9 Å². The van der Waals surface area contributed by atoms with Gasteiger partial charge in [-0.3, -0.25) is 4.98 Å². The number of anilines is 1. The highest BCUT2D eigenvalue weighted by Crippen LogP contribution is 2.23. The van der Waals surface area contributed by atoms with E-state index in [1.54, 1.807) is 0 Å². The predicted molar refractivity (Wildman–Crippen MR) is 74.0 cm³/mol. The van der Waals surface area contributed by atoms with Gasteiger partial charge in [-0.15, -0.1) is 0 Å². The molecule has 0 bridgehead atoms. The van der Waals surface area contributed by atoms with Crippen LogP contribution in [0.25, 0.3) is 0 Å². The zero-order valence-electron chi connectivity index (χ0n) is 10.7. The van der Waals surface area contributed by atoms with E-state index in [1.165, 1.54) is 5.69 Å². The molecule has 1 N–H and O–H groups in total. The molecular formula is C13H22N2S. The molecule has 16 heavy (non-hydrogen) atoms. The second kappa shape index (κ2) is 6.79. The summed E-state index contributed by atoms with van der Waals surface area (Å²) < 4.78 is 0. The number of hydrogen-bond donors (Lipinski definition) is 1. The lowest BCUT2D eigenvalue weighted by Gasteiger charge is -2.14. The number of aromatic nitrogens is 1. The number of hydrogen-bond acceptors (Lipinski definition) is 3. The third-order valence-corrected chi connectivity index (χ3v) is 4.16. The van der Waals surface area contributed by atoms with E-state index in [0.717, 1.165) is 23.9 Å². The molecule has 0 aliphatic heterocycles. The summed E-state index contributed by atoms with van der Waals surface area (Å²) in [6, 6.07) is 4.16. The van der Waals surface area contributed by atoms with Gasteiger partial charge in [-0.25, -0.2) is 0 Å². The first-order valence-corrected chi connectivity index (χ1v) is 6.98. The molecule has 0 saturated carbocycles. The Labute approximate surface area is 103 Å². The van der Waals surface area contributed by atoms with Crippen molar-refractivity contribution in [2.24, 2.45) is 5.92 Å². The Morgan fingerprint density at radius 1 is 1.38 bits per heavy atom. The van der Waals surface area contributed by atoms with Crippen LogP contribution in [0.15, 0.2) is 18.3 Å². The second-order valence-electron chi connectivity index (χ2n) is 4.33. The van der Waals surface area contributed by atoms with Crippen LogP contribution in [-0.2, 0) is 5.75 Å². The summed E-state index contributed by atoms with van der Waals surface area (Å²) in [5.74, 6) is 1.72. The van der Waals surface area contributed by atoms with Gasteiger partial charge in [0.1, 0.15) is 0 Å². The highest BCUT2D eigenvalue weighted by molar-refractivity contribution is 7.99. The number of nitrogens with one attached hydrogen (secondary N) is 1. The van der Waals surface area contributed by atoms with Crippen molar-refractivity contribution >= 4 is 17.4 Å². The molecule has 0 radical (unpaired) electrons. The molecule has 0 aliphatic carbocycles. The molecule has 0 aromatic carbocycles. The van der Waals surface area contributed by atoms with Crippen LogP contribution in [0.3, 0.4) is 0 Å². The van der Waals surface area contributed by atoms with E-state index in [4.69, 9.17) is 0 Å². The van der Waals surface area contributed by atoms with Gasteiger partial charge in [0.2, 0.25) is 0 Å². The number of pyridine rings is 1. The maximum absolute atomic E-state index is 4.39. The summed E-state index contributed by atoms with van der Waals surface area (Å²) in [6.45, 7) is 9.87. The quantitative estimate of drug-likeness (QED) is 0.816. The van der Waals surface area contributed by atoms with Gasteiger partial charge in [-0.2, -0.15) is 11.8 Å². The van der Waals surface area contributed by atoms with E-state index in [1.807, 2.05) is 24.0 Å². The topological polar surface area (TPSA) is 24.9 Å². The molecular weight excluding hydrogens is 216 g/mol. The third-order valence-electron chi connectivity index (χ3n) is 2.63. The van der Waals surface area contributed by atoms with Gasteiger partial charge in [0.15, 0.2) is 0 Å². The Morgan fingerprint density at radius 3 is 2.75 bits per heavy atom. The largest absolute Gasteiger partial charge is 0.385 e. The van der Waals surface area contributed by atoms with Crippen LogP contribution in [0.1, 0.15) is 33.4 Å². The molecule has 1 atom stereocenters. The minimum atomic E-state index is 0.685. The fraction of sp³-hybridized carbons (Fsp3) is 0.615. The van der Waals surface area contributed by atoms with Gasteiger partial charge in [-0.05, 0) is 25.0 Å². The van der Waals surface area contributed by atoms with Crippen molar-refractivity contribution in [3.05, 3.63) is 24.0 Å². The van der Waals surface area contributed by atoms with Crippen LogP contribution < -0.4 is 5.32 Å². The van der Waals surface area contributed by atoms with Gasteiger partial charge in [0, 0.05) is 29.4 Å². The van der Waals surface area contributed by atoms with Gasteiger partial charge < -0.3 is 5.32 Å². The molecule has 0 fully saturated rings. The van der Waals surface area contributed by atoms with Crippen LogP contribution in [-0.4, -0.2) is 16.8 Å². The highest BCUT2D eigenvalue weighted by atomic mass is 32.2. The summed E-state index contributed by atoms with van der Waals surface area (Å²) >= 11 is 1.97. The van der Waals surface area contributed by atoms with Gasteiger partial charge in [0.25, 0.3) is 0 Å². The Bertz CT molecular complexity index is 313. The normalized spacial score (nSPS) is 12.8. The minimum Gasteiger partial charge on any atom is -0.385 e. The first kappa shape index (κ1) is 13.4. The second-order valence-corrected chi connectivity index (χ2v) is 5.69. The standard InChI is InChI=1S/C13H22N2S/c1-5-14-12-6-7-15-13(8-12)9-16-11(4)10(2)3/h6-8,10-11H,5,9H2,1-4H3,(H,14,15). The first-order valence-electron chi connectivity index (χ1n) is 5.94. The average Bonchev–Trinajstić information content (AvgIpc) is 2.26. The summed E-state index contributed by atoms with van der Waals surface area (Å²) in [4.78, 5) is 4.39. The van der Waals surface area contributed by atoms with Crippen LogP contribution in [0.4, 0.5) is 5.69 Å². The van der Waals surface area contributed by atoms with E-state index >= 15 is 0 Å². The van der Waals surface area contributed by atoms with Gasteiger partial charge in [-0.1, -0.05) is 20.8 Å². The van der Waals surface area contributed by atoms with Crippen LogP contribution in [0.5, 0.6) is 0 Å². The molecule has 0 aliphatic rings. The highest BCUT2D eigenvalue weighted by Gasteiger charge is 2.08. The molecule has 1 heterocycles. The average molecular weight is 238 g/mol. The van der Waals surface area contributed by atoms with Crippen LogP contribution in [0.2, 0.25) is 0 Å². The molecule has 1 unspecified atom stereocenters. The lowest BCUT2D eigenvalue weighted by atomic mass is 10.2. The molecule has 1 rings (SSSR count). The van der Waals surface area contributed by atoms with Gasteiger partial charge in [0.05, 0.1) is 5.69 Å². The fourth-order valence-electron chi connectivity index (χ4n) is 1.28. The fourth-order valence-corrected chi connectivity index (χ4v) is 2.26. The van der Waals surface area contributed by atoms with Crippen LogP contribution >= 0.6 is 11.8 Å². The van der Waals surface area contributed by atoms with E-state index in [0.29, 0.717) is 5.25 Å². The van der Waals surface area contributed by atoms with Crippen molar-refractivity contribution in [1.82, 2.24) is 4.98 Å². The lowest BCUT2D eigenvalue weighted by Crippen LogP contribution is -2.06. The molecule has 0 amide bonds.